The number of hydrogen-bond donors (Lipinski definition) is 1. The van der Waals surface area contributed by atoms with Gasteiger partial charge in [-0.25, -0.2) is 4.79 Å². The van der Waals surface area contributed by atoms with E-state index >= 15 is 0 Å². The molecular weight excluding hydrogens is 469 g/mol. The van der Waals surface area contributed by atoms with Crippen molar-refractivity contribution in [2.24, 2.45) is 12.0 Å². The second-order valence-electron chi connectivity index (χ2n) is 8.22. The molecule has 1 N–H and O–H groups in total. The van der Waals surface area contributed by atoms with E-state index in [1.54, 1.807) is 7.05 Å². The zero-order chi connectivity index (χ0) is 20.0. The van der Waals surface area contributed by atoms with Crippen LogP contribution in [-0.2, 0) is 18.3 Å². The smallest absolute Gasteiger partial charge is 0.410 e. The minimum atomic E-state index is -0.474. The summed E-state index contributed by atoms with van der Waals surface area (Å²) < 4.78 is 7.69. The number of rotatable bonds is 4. The van der Waals surface area contributed by atoms with Gasteiger partial charge in [-0.3, -0.25) is 4.99 Å². The molecule has 2 heterocycles. The highest BCUT2D eigenvalue weighted by molar-refractivity contribution is 14.0. The second-order valence-corrected chi connectivity index (χ2v) is 8.22. The maximum absolute atomic E-state index is 12.6. The summed E-state index contributed by atoms with van der Waals surface area (Å²) in [7, 11) is 5.85. The van der Waals surface area contributed by atoms with Gasteiger partial charge in [-0.2, -0.15) is 0 Å². The molecule has 28 heavy (non-hydrogen) atoms. The van der Waals surface area contributed by atoms with Crippen LogP contribution >= 0.6 is 24.0 Å². The molecule has 0 spiro atoms. The lowest BCUT2D eigenvalue weighted by molar-refractivity contribution is 0.0104. The van der Waals surface area contributed by atoms with Crippen LogP contribution < -0.4 is 5.32 Å². The number of nitrogens with zero attached hydrogens (tertiary/aromatic N) is 4. The van der Waals surface area contributed by atoms with Crippen LogP contribution in [0.3, 0.4) is 0 Å². The first-order chi connectivity index (χ1) is 12.7. The molecule has 1 aliphatic heterocycles. The van der Waals surface area contributed by atoms with Crippen LogP contribution in [0.4, 0.5) is 4.79 Å². The fourth-order valence-electron chi connectivity index (χ4n) is 3.35. The molecule has 0 aromatic carbocycles. The van der Waals surface area contributed by atoms with E-state index in [1.165, 1.54) is 5.69 Å². The van der Waals surface area contributed by atoms with E-state index in [0.29, 0.717) is 6.54 Å². The average molecular weight is 505 g/mol. The molecule has 1 aromatic rings. The first-order valence-corrected chi connectivity index (χ1v) is 9.73. The highest BCUT2D eigenvalue weighted by Crippen LogP contribution is 2.20. The molecular formula is C20H36IN5O2. The number of aliphatic imine (C=N–C) groups is 1. The van der Waals surface area contributed by atoms with Crippen LogP contribution in [-0.4, -0.2) is 65.2 Å². The minimum absolute atomic E-state index is 0. The number of hydrogen-bond acceptors (Lipinski definition) is 3. The summed E-state index contributed by atoms with van der Waals surface area (Å²) in [5, 5.41) is 3.44. The number of likely N-dealkylation sites (tertiary alicyclic amines) is 1. The highest BCUT2D eigenvalue weighted by Gasteiger charge is 2.30. The maximum Gasteiger partial charge on any atom is 0.410 e. The van der Waals surface area contributed by atoms with E-state index in [0.717, 1.165) is 38.3 Å². The van der Waals surface area contributed by atoms with Crippen molar-refractivity contribution >= 4 is 36.0 Å². The fourth-order valence-corrected chi connectivity index (χ4v) is 3.35. The summed E-state index contributed by atoms with van der Waals surface area (Å²) in [6.07, 6.45) is 4.95. The molecule has 1 atom stereocenters. The second kappa shape index (κ2) is 10.9. The van der Waals surface area contributed by atoms with Gasteiger partial charge in [0, 0.05) is 46.1 Å². The van der Waals surface area contributed by atoms with Crippen molar-refractivity contribution in [1.82, 2.24) is 19.7 Å². The summed E-state index contributed by atoms with van der Waals surface area (Å²) in [4.78, 5) is 20.9. The Labute approximate surface area is 186 Å². The van der Waals surface area contributed by atoms with E-state index in [4.69, 9.17) is 4.74 Å². The molecule has 8 heteroatoms. The first kappa shape index (κ1) is 24.6. The van der Waals surface area contributed by atoms with E-state index in [2.05, 4.69) is 25.8 Å². The first-order valence-electron chi connectivity index (χ1n) is 9.73. The van der Waals surface area contributed by atoms with Gasteiger partial charge in [0.25, 0.3) is 0 Å². The Morgan fingerprint density at radius 2 is 2.11 bits per heavy atom. The van der Waals surface area contributed by atoms with Crippen LogP contribution in [0.2, 0.25) is 0 Å². The molecule has 0 saturated carbocycles. The van der Waals surface area contributed by atoms with Crippen LogP contribution in [0.15, 0.2) is 23.3 Å². The van der Waals surface area contributed by atoms with Crippen LogP contribution in [0, 0.1) is 0 Å². The third kappa shape index (κ3) is 7.18. The Morgan fingerprint density at radius 1 is 1.39 bits per heavy atom. The van der Waals surface area contributed by atoms with E-state index in [1.807, 2.05) is 52.0 Å². The Bertz CT molecular complexity index is 653. The number of halogens is 1. The van der Waals surface area contributed by atoms with Gasteiger partial charge >= 0.3 is 6.09 Å². The van der Waals surface area contributed by atoms with Crippen molar-refractivity contribution in [2.75, 3.05) is 27.2 Å². The number of piperidine rings is 1. The average Bonchev–Trinajstić information content (AvgIpc) is 2.99. The third-order valence-electron chi connectivity index (χ3n) is 4.77. The number of ether oxygens (including phenoxy) is 1. The predicted molar refractivity (Wildman–Crippen MR) is 124 cm³/mol. The lowest BCUT2D eigenvalue weighted by Crippen LogP contribution is -2.52. The number of nitrogens with one attached hydrogen (secondary N) is 1. The molecule has 0 aliphatic carbocycles. The number of aromatic nitrogens is 1. The summed E-state index contributed by atoms with van der Waals surface area (Å²) in [6.45, 7) is 7.90. The number of aryl methyl sites for hydroxylation is 1. The van der Waals surface area contributed by atoms with Gasteiger partial charge in [0.05, 0.1) is 12.6 Å². The largest absolute Gasteiger partial charge is 0.444 e. The third-order valence-corrected chi connectivity index (χ3v) is 4.77. The lowest BCUT2D eigenvalue weighted by Gasteiger charge is -2.37. The van der Waals surface area contributed by atoms with Crippen LogP contribution in [0.25, 0.3) is 0 Å². The summed E-state index contributed by atoms with van der Waals surface area (Å²) in [5.74, 6) is 0.825. The molecule has 1 aliphatic rings. The molecule has 1 unspecified atom stereocenters. The van der Waals surface area contributed by atoms with Gasteiger partial charge in [-0.05, 0) is 52.2 Å². The summed E-state index contributed by atoms with van der Waals surface area (Å²) >= 11 is 0. The molecule has 2 rings (SSSR count). The lowest BCUT2D eigenvalue weighted by atomic mass is 10.0. The minimum Gasteiger partial charge on any atom is -0.444 e. The van der Waals surface area contributed by atoms with E-state index < -0.39 is 5.60 Å². The SMILES string of the molecule is CN=C(NCC1CCCCN1C(=O)OC(C)(C)C)N(C)Cc1cccn1C.I. The van der Waals surface area contributed by atoms with Crippen molar-refractivity contribution < 1.29 is 9.53 Å². The Kier molecular flexibility index (Phi) is 9.59. The van der Waals surface area contributed by atoms with Crippen molar-refractivity contribution in [3.63, 3.8) is 0 Å². The topological polar surface area (TPSA) is 62.1 Å². The monoisotopic (exact) mass is 505 g/mol. The molecule has 1 amide bonds. The van der Waals surface area contributed by atoms with Crippen molar-refractivity contribution in [3.05, 3.63) is 24.0 Å². The van der Waals surface area contributed by atoms with Crippen LogP contribution in [0.1, 0.15) is 45.7 Å². The predicted octanol–water partition coefficient (Wildman–Crippen LogP) is 3.44. The summed E-state index contributed by atoms with van der Waals surface area (Å²) in [5.41, 5.74) is 0.742. The normalized spacial score (nSPS) is 17.7. The molecule has 0 bridgehead atoms. The van der Waals surface area contributed by atoms with Gasteiger partial charge in [-0.15, -0.1) is 24.0 Å². The van der Waals surface area contributed by atoms with Crippen LogP contribution in [0.5, 0.6) is 0 Å². The molecule has 0 radical (unpaired) electrons. The number of carbonyl (C=O) groups excluding carboxylic acids is 1. The number of guanidine groups is 1. The van der Waals surface area contributed by atoms with E-state index in [-0.39, 0.29) is 36.1 Å². The van der Waals surface area contributed by atoms with Gasteiger partial charge < -0.3 is 24.4 Å². The Balaban J connectivity index is 0.00000392. The molecule has 160 valence electrons. The molecule has 1 aromatic heterocycles. The molecule has 1 fully saturated rings. The van der Waals surface area contributed by atoms with E-state index in [9.17, 15) is 4.79 Å². The Morgan fingerprint density at radius 3 is 2.68 bits per heavy atom. The van der Waals surface area contributed by atoms with Crippen molar-refractivity contribution in [1.29, 1.82) is 0 Å². The zero-order valence-corrected chi connectivity index (χ0v) is 20.4. The molecule has 7 nitrogen and oxygen atoms in total. The fraction of sp³-hybridized carbons (Fsp3) is 0.700. The van der Waals surface area contributed by atoms with Gasteiger partial charge in [0.1, 0.15) is 5.60 Å². The standard InChI is InChI=1S/C20H35N5O2.HI/c1-20(2,3)27-19(26)25-13-8-7-10-16(25)14-22-18(21-4)24(6)15-17-11-9-12-23(17)5;/h9,11-12,16H,7-8,10,13-15H2,1-6H3,(H,21,22);1H. The highest BCUT2D eigenvalue weighted by atomic mass is 127. The van der Waals surface area contributed by atoms with Crippen molar-refractivity contribution in [3.8, 4) is 0 Å². The van der Waals surface area contributed by atoms with Gasteiger partial charge in [0.15, 0.2) is 5.96 Å². The zero-order valence-electron chi connectivity index (χ0n) is 18.1. The number of amides is 1. The summed E-state index contributed by atoms with van der Waals surface area (Å²) in [6, 6.07) is 4.27. The Hall–Kier alpha value is -1.45. The van der Waals surface area contributed by atoms with Crippen molar-refractivity contribution in [2.45, 2.75) is 58.2 Å². The maximum atomic E-state index is 12.6. The quantitative estimate of drug-likeness (QED) is 0.387. The number of carbonyl (C=O) groups is 1. The van der Waals surface area contributed by atoms with Gasteiger partial charge in [-0.1, -0.05) is 0 Å². The van der Waals surface area contributed by atoms with Gasteiger partial charge in [0.2, 0.25) is 0 Å². The molecule has 1 saturated heterocycles.